The van der Waals surface area contributed by atoms with Gasteiger partial charge in [-0.05, 0) is 54.7 Å². The number of sulfonamides is 1. The first kappa shape index (κ1) is 20.2. The number of hydrogen-bond donors (Lipinski definition) is 1. The monoisotopic (exact) mass is 444 g/mol. The van der Waals surface area contributed by atoms with Gasteiger partial charge >= 0.3 is 0 Å². The average molecular weight is 445 g/mol. The summed E-state index contributed by atoms with van der Waals surface area (Å²) in [5, 5.41) is 14.6. The zero-order chi connectivity index (χ0) is 22.3. The molecule has 5 rings (SSSR count). The summed E-state index contributed by atoms with van der Waals surface area (Å²) in [7, 11) is -3.39. The van der Waals surface area contributed by atoms with E-state index < -0.39 is 10.0 Å². The first-order chi connectivity index (χ1) is 15.4. The minimum Gasteiger partial charge on any atom is -0.268 e. The number of fused-ring (bicyclic) bond motifs is 2. The number of hydrogen-bond acceptors (Lipinski definition) is 6. The fourth-order valence-corrected chi connectivity index (χ4v) is 4.59. The predicted molar refractivity (Wildman–Crippen MR) is 123 cm³/mol. The molecule has 1 aliphatic rings. The molecule has 0 fully saturated rings. The topological polar surface area (TPSA) is 113 Å². The summed E-state index contributed by atoms with van der Waals surface area (Å²) in [6, 6.07) is 11.7. The van der Waals surface area contributed by atoms with E-state index in [1.54, 1.807) is 12.3 Å². The van der Waals surface area contributed by atoms with Crippen molar-refractivity contribution in [2.24, 2.45) is 5.92 Å². The highest BCUT2D eigenvalue weighted by Crippen LogP contribution is 2.35. The number of benzene rings is 1. The van der Waals surface area contributed by atoms with Crippen LogP contribution < -0.4 is 4.72 Å². The molecule has 8 nitrogen and oxygen atoms in total. The molecule has 0 aliphatic heterocycles. The fraction of sp³-hybridized carbons (Fsp3) is 0.217. The van der Waals surface area contributed by atoms with Crippen molar-refractivity contribution in [3.63, 3.8) is 0 Å². The third-order valence-electron chi connectivity index (χ3n) is 5.62. The summed E-state index contributed by atoms with van der Waals surface area (Å²) in [6.45, 7) is 0. The molecule has 1 N–H and O–H groups in total. The molecular formula is C23H20N6O2S. The third-order valence-corrected chi connectivity index (χ3v) is 6.20. The maximum atomic E-state index is 11.5. The van der Waals surface area contributed by atoms with E-state index in [-0.39, 0.29) is 11.7 Å². The van der Waals surface area contributed by atoms with Crippen molar-refractivity contribution in [3.05, 3.63) is 60.7 Å². The quantitative estimate of drug-likeness (QED) is 0.509. The Bertz CT molecular complexity index is 1530. The minimum atomic E-state index is -3.39. The smallest absolute Gasteiger partial charge is 0.230 e. The van der Waals surface area contributed by atoms with Crippen LogP contribution in [0.3, 0.4) is 0 Å². The van der Waals surface area contributed by atoms with E-state index in [1.165, 1.54) is 0 Å². The maximum absolute atomic E-state index is 11.5. The zero-order valence-corrected chi connectivity index (χ0v) is 18.2. The molecule has 160 valence electrons. The Kier molecular flexibility index (Phi) is 4.87. The van der Waals surface area contributed by atoms with Crippen LogP contribution in [0.2, 0.25) is 0 Å². The van der Waals surface area contributed by atoms with Crippen molar-refractivity contribution in [2.75, 3.05) is 11.0 Å². The van der Waals surface area contributed by atoms with Crippen LogP contribution in [0.4, 0.5) is 5.82 Å². The van der Waals surface area contributed by atoms with Crippen molar-refractivity contribution < 1.29 is 8.42 Å². The lowest BCUT2D eigenvalue weighted by atomic mass is 9.88. The molecule has 1 atom stereocenters. The number of nitriles is 1. The lowest BCUT2D eigenvalue weighted by Gasteiger charge is -2.17. The number of nitrogens with zero attached hydrogens (tertiary/aromatic N) is 5. The standard InChI is InChI=1S/C23H20N6O2S/c1-32(30,31)28-21-9-7-18-12-17(6-8-20(18)27-21)19-14-26-29-11-10-25-22(23(19)29)16-4-2-15(13-24)3-5-16/h4,6-12,14-15H,2-3,5H2,1H3,(H,27,28). The Hall–Kier alpha value is -3.77. The maximum Gasteiger partial charge on any atom is 0.230 e. The molecule has 9 heteroatoms. The first-order valence-electron chi connectivity index (χ1n) is 10.2. The van der Waals surface area contributed by atoms with Crippen molar-refractivity contribution in [1.29, 1.82) is 5.26 Å². The van der Waals surface area contributed by atoms with Crippen LogP contribution in [0.25, 0.3) is 33.1 Å². The number of allylic oxidation sites excluding steroid dienone is 2. The van der Waals surface area contributed by atoms with Crippen molar-refractivity contribution >= 4 is 37.8 Å². The summed E-state index contributed by atoms with van der Waals surface area (Å²) in [6.07, 6.45) is 11.0. The van der Waals surface area contributed by atoms with Crippen LogP contribution in [0.15, 0.2) is 55.0 Å². The van der Waals surface area contributed by atoms with Gasteiger partial charge in [0.1, 0.15) is 5.82 Å². The van der Waals surface area contributed by atoms with E-state index in [0.29, 0.717) is 5.52 Å². The minimum absolute atomic E-state index is 0.0675. The Balaban J connectivity index is 1.58. The van der Waals surface area contributed by atoms with Gasteiger partial charge in [-0.3, -0.25) is 9.71 Å². The highest BCUT2D eigenvalue weighted by molar-refractivity contribution is 7.92. The highest BCUT2D eigenvalue weighted by Gasteiger charge is 2.20. The van der Waals surface area contributed by atoms with Gasteiger partial charge in [0.05, 0.1) is 41.2 Å². The van der Waals surface area contributed by atoms with Crippen LogP contribution in [0.5, 0.6) is 0 Å². The van der Waals surface area contributed by atoms with E-state index in [4.69, 9.17) is 0 Å². The van der Waals surface area contributed by atoms with Gasteiger partial charge in [0, 0.05) is 23.3 Å². The average Bonchev–Trinajstić information content (AvgIpc) is 3.22. The molecule has 3 aromatic heterocycles. The summed E-state index contributed by atoms with van der Waals surface area (Å²) in [4.78, 5) is 9.05. The first-order valence-corrected chi connectivity index (χ1v) is 12.1. The van der Waals surface area contributed by atoms with Crippen LogP contribution in [0.1, 0.15) is 25.0 Å². The summed E-state index contributed by atoms with van der Waals surface area (Å²) in [5.74, 6) is 0.355. The van der Waals surface area contributed by atoms with Gasteiger partial charge in [0.25, 0.3) is 0 Å². The van der Waals surface area contributed by atoms with Gasteiger partial charge in [0.2, 0.25) is 10.0 Å². The lowest BCUT2D eigenvalue weighted by molar-refractivity contribution is 0.603. The van der Waals surface area contributed by atoms with Crippen molar-refractivity contribution in [1.82, 2.24) is 19.6 Å². The van der Waals surface area contributed by atoms with E-state index >= 15 is 0 Å². The van der Waals surface area contributed by atoms with Gasteiger partial charge in [-0.2, -0.15) is 10.4 Å². The Morgan fingerprint density at radius 2 is 2.12 bits per heavy atom. The van der Waals surface area contributed by atoms with Crippen molar-refractivity contribution in [3.8, 4) is 17.2 Å². The molecule has 3 heterocycles. The normalized spacial score (nSPS) is 16.6. The van der Waals surface area contributed by atoms with Gasteiger partial charge in [-0.1, -0.05) is 12.1 Å². The SMILES string of the molecule is CS(=O)(=O)Nc1ccc2cc(-c3cnn4ccnc(C5=CCC(C#N)CC5)c34)ccc2n1. The largest absolute Gasteiger partial charge is 0.268 e. The fourth-order valence-electron chi connectivity index (χ4n) is 4.10. The predicted octanol–water partition coefficient (Wildman–Crippen LogP) is 4.02. The second-order valence-corrected chi connectivity index (χ2v) is 9.68. The number of pyridine rings is 1. The molecule has 32 heavy (non-hydrogen) atoms. The highest BCUT2D eigenvalue weighted by atomic mass is 32.2. The number of rotatable bonds is 4. The van der Waals surface area contributed by atoms with Gasteiger partial charge in [0.15, 0.2) is 0 Å². The molecule has 4 aromatic rings. The second-order valence-electron chi connectivity index (χ2n) is 7.94. The van der Waals surface area contributed by atoms with Crippen LogP contribution in [-0.4, -0.2) is 34.3 Å². The van der Waals surface area contributed by atoms with Gasteiger partial charge < -0.3 is 0 Å². The molecule has 1 aliphatic carbocycles. The molecule has 0 spiro atoms. The number of anilines is 1. The summed E-state index contributed by atoms with van der Waals surface area (Å²) in [5.41, 5.74) is 5.58. The van der Waals surface area contributed by atoms with E-state index in [2.05, 4.69) is 31.9 Å². The second kappa shape index (κ2) is 7.73. The van der Waals surface area contributed by atoms with Crippen LogP contribution in [0, 0.1) is 17.2 Å². The molecule has 0 saturated carbocycles. The Morgan fingerprint density at radius 1 is 1.25 bits per heavy atom. The summed E-state index contributed by atoms with van der Waals surface area (Å²) >= 11 is 0. The molecule has 1 aromatic carbocycles. The molecule has 0 radical (unpaired) electrons. The lowest BCUT2D eigenvalue weighted by Crippen LogP contribution is -2.10. The third kappa shape index (κ3) is 3.81. The molecule has 0 bridgehead atoms. The molecule has 0 amide bonds. The van der Waals surface area contributed by atoms with Crippen molar-refractivity contribution in [2.45, 2.75) is 19.3 Å². The van der Waals surface area contributed by atoms with E-state index in [0.717, 1.165) is 58.8 Å². The van der Waals surface area contributed by atoms with Gasteiger partial charge in [-0.25, -0.2) is 17.9 Å². The van der Waals surface area contributed by atoms with Crippen LogP contribution in [-0.2, 0) is 10.0 Å². The molecule has 1 unspecified atom stereocenters. The zero-order valence-electron chi connectivity index (χ0n) is 17.4. The number of nitrogens with one attached hydrogen (secondary N) is 1. The molecular weight excluding hydrogens is 424 g/mol. The Labute approximate surface area is 185 Å². The molecule has 0 saturated heterocycles. The van der Waals surface area contributed by atoms with E-state index in [1.807, 2.05) is 41.2 Å². The summed E-state index contributed by atoms with van der Waals surface area (Å²) < 4.78 is 27.2. The van der Waals surface area contributed by atoms with E-state index in [9.17, 15) is 13.7 Å². The van der Waals surface area contributed by atoms with Gasteiger partial charge in [-0.15, -0.1) is 0 Å². The Morgan fingerprint density at radius 3 is 2.88 bits per heavy atom. The van der Waals surface area contributed by atoms with Crippen LogP contribution >= 0.6 is 0 Å². The number of aromatic nitrogens is 4.